The molecule has 0 unspecified atom stereocenters. The molecule has 1 amide bonds. The first-order valence-corrected chi connectivity index (χ1v) is 8.42. The van der Waals surface area contributed by atoms with Crippen LogP contribution in [-0.2, 0) is 15.3 Å². The number of methoxy groups -OCH3 is 1. The van der Waals surface area contributed by atoms with Crippen molar-refractivity contribution in [3.8, 4) is 0 Å². The van der Waals surface area contributed by atoms with Crippen molar-refractivity contribution in [1.29, 1.82) is 0 Å². The predicted octanol–water partition coefficient (Wildman–Crippen LogP) is 4.00. The fourth-order valence-electron chi connectivity index (χ4n) is 1.89. The zero-order chi connectivity index (χ0) is 16.7. The molecule has 0 saturated carbocycles. The maximum Gasteiger partial charge on any atom is 0.337 e. The SMILES string of the molecule is COC(=O)c1ccc(NC(=O)CSCc2cccc(Cl)c2)cc1. The Morgan fingerprint density at radius 2 is 1.91 bits per heavy atom. The third kappa shape index (κ3) is 5.62. The minimum Gasteiger partial charge on any atom is -0.465 e. The van der Waals surface area contributed by atoms with Crippen LogP contribution in [0.2, 0.25) is 5.02 Å². The summed E-state index contributed by atoms with van der Waals surface area (Å²) >= 11 is 7.43. The Morgan fingerprint density at radius 1 is 1.17 bits per heavy atom. The van der Waals surface area contributed by atoms with Crippen molar-refractivity contribution < 1.29 is 14.3 Å². The number of amides is 1. The average Bonchev–Trinajstić information content (AvgIpc) is 2.55. The Kier molecular flexibility index (Phi) is 6.50. The van der Waals surface area contributed by atoms with Gasteiger partial charge in [-0.2, -0.15) is 0 Å². The molecule has 0 saturated heterocycles. The molecular weight excluding hydrogens is 334 g/mol. The largest absolute Gasteiger partial charge is 0.465 e. The molecule has 0 radical (unpaired) electrons. The molecule has 0 aliphatic carbocycles. The molecule has 0 heterocycles. The van der Waals surface area contributed by atoms with E-state index in [0.717, 1.165) is 11.3 Å². The number of carbonyl (C=O) groups is 2. The van der Waals surface area contributed by atoms with E-state index in [1.54, 1.807) is 24.3 Å². The minimum absolute atomic E-state index is 0.0946. The van der Waals surface area contributed by atoms with Crippen LogP contribution in [0, 0.1) is 0 Å². The number of halogens is 1. The molecule has 2 aromatic rings. The van der Waals surface area contributed by atoms with Gasteiger partial charge in [-0.1, -0.05) is 23.7 Å². The summed E-state index contributed by atoms with van der Waals surface area (Å²) in [5.74, 6) is 0.559. The van der Waals surface area contributed by atoms with Crippen LogP contribution in [0.3, 0.4) is 0 Å². The van der Waals surface area contributed by atoms with E-state index in [9.17, 15) is 9.59 Å². The van der Waals surface area contributed by atoms with Crippen LogP contribution in [0.1, 0.15) is 15.9 Å². The van der Waals surface area contributed by atoms with Crippen molar-refractivity contribution in [2.24, 2.45) is 0 Å². The summed E-state index contributed by atoms with van der Waals surface area (Å²) in [5, 5.41) is 3.48. The number of hydrogen-bond acceptors (Lipinski definition) is 4. The highest BCUT2D eigenvalue weighted by Gasteiger charge is 2.06. The van der Waals surface area contributed by atoms with Crippen LogP contribution in [0.15, 0.2) is 48.5 Å². The second kappa shape index (κ2) is 8.60. The lowest BCUT2D eigenvalue weighted by molar-refractivity contribution is -0.113. The van der Waals surface area contributed by atoms with Gasteiger partial charge in [0.2, 0.25) is 5.91 Å². The first kappa shape index (κ1) is 17.4. The third-order valence-electron chi connectivity index (χ3n) is 2.98. The van der Waals surface area contributed by atoms with E-state index in [-0.39, 0.29) is 5.91 Å². The molecular formula is C17H16ClNO3S. The normalized spacial score (nSPS) is 10.2. The van der Waals surface area contributed by atoms with Gasteiger partial charge in [0.05, 0.1) is 18.4 Å². The Balaban J connectivity index is 1.79. The van der Waals surface area contributed by atoms with Gasteiger partial charge in [0.25, 0.3) is 0 Å². The Labute approximate surface area is 144 Å². The van der Waals surface area contributed by atoms with Crippen molar-refractivity contribution in [2.45, 2.75) is 5.75 Å². The molecule has 1 N–H and O–H groups in total. The number of benzene rings is 2. The summed E-state index contributed by atoms with van der Waals surface area (Å²) in [4.78, 5) is 23.2. The highest BCUT2D eigenvalue weighted by molar-refractivity contribution is 7.99. The van der Waals surface area contributed by atoms with Crippen molar-refractivity contribution in [1.82, 2.24) is 0 Å². The number of esters is 1. The lowest BCUT2D eigenvalue weighted by atomic mass is 10.2. The molecule has 120 valence electrons. The monoisotopic (exact) mass is 349 g/mol. The number of thioether (sulfide) groups is 1. The predicted molar refractivity (Wildman–Crippen MR) is 94.0 cm³/mol. The van der Waals surface area contributed by atoms with E-state index < -0.39 is 5.97 Å². The summed E-state index contributed by atoms with van der Waals surface area (Å²) in [6.07, 6.45) is 0. The lowest BCUT2D eigenvalue weighted by Gasteiger charge is -2.06. The fraction of sp³-hybridized carbons (Fsp3) is 0.176. The summed E-state index contributed by atoms with van der Waals surface area (Å²) in [7, 11) is 1.33. The quantitative estimate of drug-likeness (QED) is 0.801. The number of rotatable bonds is 6. The summed E-state index contributed by atoms with van der Waals surface area (Å²) in [6, 6.07) is 14.1. The number of nitrogens with one attached hydrogen (secondary N) is 1. The Hall–Kier alpha value is -1.98. The third-order valence-corrected chi connectivity index (χ3v) is 4.22. The van der Waals surface area contributed by atoms with Crippen LogP contribution in [-0.4, -0.2) is 24.7 Å². The molecule has 0 aliphatic heterocycles. The second-order valence-electron chi connectivity index (χ2n) is 4.74. The standard InChI is InChI=1S/C17H16ClNO3S/c1-22-17(21)13-5-7-15(8-6-13)19-16(20)11-23-10-12-3-2-4-14(18)9-12/h2-9H,10-11H2,1H3,(H,19,20). The van der Waals surface area contributed by atoms with Crippen molar-refractivity contribution in [3.63, 3.8) is 0 Å². The zero-order valence-corrected chi connectivity index (χ0v) is 14.1. The summed E-state index contributed by atoms with van der Waals surface area (Å²) < 4.78 is 4.62. The van der Waals surface area contributed by atoms with Crippen LogP contribution in [0.25, 0.3) is 0 Å². The molecule has 0 spiro atoms. The van der Waals surface area contributed by atoms with Gasteiger partial charge in [-0.3, -0.25) is 4.79 Å². The maximum absolute atomic E-state index is 11.9. The van der Waals surface area contributed by atoms with Crippen LogP contribution in [0.4, 0.5) is 5.69 Å². The number of ether oxygens (including phenoxy) is 1. The van der Waals surface area contributed by atoms with Gasteiger partial charge in [-0.15, -0.1) is 11.8 Å². The fourth-order valence-corrected chi connectivity index (χ4v) is 2.88. The highest BCUT2D eigenvalue weighted by atomic mass is 35.5. The van der Waals surface area contributed by atoms with Gasteiger partial charge < -0.3 is 10.1 Å². The molecule has 6 heteroatoms. The Bertz CT molecular complexity index is 688. The molecule has 0 aromatic heterocycles. The van der Waals surface area contributed by atoms with Gasteiger partial charge in [-0.05, 0) is 42.0 Å². The number of anilines is 1. The Morgan fingerprint density at radius 3 is 2.57 bits per heavy atom. The van der Waals surface area contributed by atoms with E-state index >= 15 is 0 Å². The molecule has 0 fully saturated rings. The minimum atomic E-state index is -0.403. The molecule has 2 rings (SSSR count). The van der Waals surface area contributed by atoms with E-state index in [1.165, 1.54) is 18.9 Å². The van der Waals surface area contributed by atoms with E-state index in [2.05, 4.69) is 10.1 Å². The zero-order valence-electron chi connectivity index (χ0n) is 12.5. The van der Waals surface area contributed by atoms with Gasteiger partial charge in [0, 0.05) is 16.5 Å². The van der Waals surface area contributed by atoms with Gasteiger partial charge in [-0.25, -0.2) is 4.79 Å². The van der Waals surface area contributed by atoms with E-state index in [4.69, 9.17) is 11.6 Å². The first-order valence-electron chi connectivity index (χ1n) is 6.89. The average molecular weight is 350 g/mol. The van der Waals surface area contributed by atoms with Gasteiger partial charge >= 0.3 is 5.97 Å². The molecule has 23 heavy (non-hydrogen) atoms. The molecule has 0 atom stereocenters. The van der Waals surface area contributed by atoms with E-state index in [1.807, 2.05) is 24.3 Å². The van der Waals surface area contributed by atoms with Crippen molar-refractivity contribution >= 4 is 40.9 Å². The second-order valence-corrected chi connectivity index (χ2v) is 6.16. The van der Waals surface area contributed by atoms with Crippen LogP contribution >= 0.6 is 23.4 Å². The summed E-state index contributed by atoms with van der Waals surface area (Å²) in [5.41, 5.74) is 2.17. The number of carbonyl (C=O) groups excluding carboxylic acids is 2. The van der Waals surface area contributed by atoms with Crippen LogP contribution < -0.4 is 5.32 Å². The number of hydrogen-bond donors (Lipinski definition) is 1. The molecule has 4 nitrogen and oxygen atoms in total. The van der Waals surface area contributed by atoms with Crippen molar-refractivity contribution in [2.75, 3.05) is 18.2 Å². The van der Waals surface area contributed by atoms with Gasteiger partial charge in [0.1, 0.15) is 0 Å². The summed E-state index contributed by atoms with van der Waals surface area (Å²) in [6.45, 7) is 0. The van der Waals surface area contributed by atoms with E-state index in [0.29, 0.717) is 22.0 Å². The maximum atomic E-state index is 11.9. The lowest BCUT2D eigenvalue weighted by Crippen LogP contribution is -2.14. The molecule has 2 aromatic carbocycles. The van der Waals surface area contributed by atoms with Crippen LogP contribution in [0.5, 0.6) is 0 Å². The molecule has 0 aliphatic rings. The van der Waals surface area contributed by atoms with Crippen molar-refractivity contribution in [3.05, 3.63) is 64.7 Å². The highest BCUT2D eigenvalue weighted by Crippen LogP contribution is 2.17. The molecule has 0 bridgehead atoms. The van der Waals surface area contributed by atoms with Gasteiger partial charge in [0.15, 0.2) is 0 Å². The first-order chi connectivity index (χ1) is 11.1. The topological polar surface area (TPSA) is 55.4 Å². The smallest absolute Gasteiger partial charge is 0.337 e.